The number of carbonyl (C=O) groups is 1. The maximum Gasteiger partial charge on any atom is 0.233 e. The highest BCUT2D eigenvalue weighted by Crippen LogP contribution is 2.28. The summed E-state index contributed by atoms with van der Waals surface area (Å²) in [5.74, 6) is 0.609. The standard InChI is InChI=1S/C21H25N5O2S/c1-4-10-17(16-11-6-5-7-12-16)22-20(27)15(2)29-21-23-24-25-26(21)18-13-8-9-14-19(18)28-3/h5-9,11-15,17H,4,10H2,1-3H3,(H,22,27)/t15-,17+/m1/s1. The highest BCUT2D eigenvalue weighted by molar-refractivity contribution is 8.00. The van der Waals surface area contributed by atoms with E-state index in [1.165, 1.54) is 11.8 Å². The number of nitrogens with one attached hydrogen (secondary N) is 1. The summed E-state index contributed by atoms with van der Waals surface area (Å²) in [4.78, 5) is 12.9. The third-order valence-electron chi connectivity index (χ3n) is 4.50. The molecule has 0 saturated carbocycles. The Morgan fingerprint density at radius 1 is 1.17 bits per heavy atom. The van der Waals surface area contributed by atoms with E-state index in [1.807, 2.05) is 61.5 Å². The van der Waals surface area contributed by atoms with Crippen LogP contribution in [0.3, 0.4) is 0 Å². The number of benzene rings is 2. The minimum absolute atomic E-state index is 0.0121. The van der Waals surface area contributed by atoms with E-state index in [0.717, 1.165) is 24.1 Å². The molecular formula is C21H25N5O2S. The Kier molecular flexibility index (Phi) is 7.24. The van der Waals surface area contributed by atoms with Gasteiger partial charge in [0.25, 0.3) is 0 Å². The third-order valence-corrected chi connectivity index (χ3v) is 5.53. The van der Waals surface area contributed by atoms with Gasteiger partial charge in [0.2, 0.25) is 11.1 Å². The van der Waals surface area contributed by atoms with E-state index in [-0.39, 0.29) is 17.2 Å². The van der Waals surface area contributed by atoms with Crippen molar-refractivity contribution < 1.29 is 9.53 Å². The Morgan fingerprint density at radius 3 is 2.62 bits per heavy atom. The summed E-state index contributed by atoms with van der Waals surface area (Å²) in [6.45, 7) is 3.97. The highest BCUT2D eigenvalue weighted by Gasteiger charge is 2.23. The molecule has 1 aromatic heterocycles. The van der Waals surface area contributed by atoms with E-state index in [9.17, 15) is 4.79 Å². The second-order valence-electron chi connectivity index (χ2n) is 6.57. The molecule has 0 radical (unpaired) electrons. The normalized spacial score (nSPS) is 12.9. The van der Waals surface area contributed by atoms with Crippen molar-refractivity contribution >= 4 is 17.7 Å². The monoisotopic (exact) mass is 411 g/mol. The lowest BCUT2D eigenvalue weighted by Gasteiger charge is -2.21. The summed E-state index contributed by atoms with van der Waals surface area (Å²) in [5.41, 5.74) is 1.84. The molecule has 2 atom stereocenters. The van der Waals surface area contributed by atoms with Crippen LogP contribution in [0.15, 0.2) is 59.8 Å². The SMILES string of the molecule is CCC[C@H](NC(=O)[C@@H](C)Sc1nnnn1-c1ccccc1OC)c1ccccc1. The van der Waals surface area contributed by atoms with Crippen molar-refractivity contribution in [2.75, 3.05) is 7.11 Å². The van der Waals surface area contributed by atoms with Crippen molar-refractivity contribution in [3.8, 4) is 11.4 Å². The number of thioether (sulfide) groups is 1. The first-order chi connectivity index (χ1) is 14.1. The molecule has 29 heavy (non-hydrogen) atoms. The first-order valence-electron chi connectivity index (χ1n) is 9.57. The van der Waals surface area contributed by atoms with Crippen molar-refractivity contribution in [3.63, 3.8) is 0 Å². The molecule has 0 bridgehead atoms. The molecule has 3 rings (SSSR count). The number of hydrogen-bond donors (Lipinski definition) is 1. The van der Waals surface area contributed by atoms with Gasteiger partial charge in [-0.3, -0.25) is 4.79 Å². The van der Waals surface area contributed by atoms with E-state index < -0.39 is 0 Å². The van der Waals surface area contributed by atoms with Crippen molar-refractivity contribution in [2.24, 2.45) is 0 Å². The number of aromatic nitrogens is 4. The Bertz CT molecular complexity index is 932. The van der Waals surface area contributed by atoms with Crippen molar-refractivity contribution in [3.05, 3.63) is 60.2 Å². The molecule has 1 heterocycles. The van der Waals surface area contributed by atoms with Gasteiger partial charge in [0.15, 0.2) is 0 Å². The van der Waals surface area contributed by atoms with Crippen LogP contribution >= 0.6 is 11.8 Å². The Hall–Kier alpha value is -2.87. The van der Waals surface area contributed by atoms with E-state index in [0.29, 0.717) is 10.9 Å². The first kappa shape index (κ1) is 20.9. The zero-order valence-corrected chi connectivity index (χ0v) is 17.6. The second kappa shape index (κ2) is 10.1. The average Bonchev–Trinajstić information content (AvgIpc) is 3.21. The summed E-state index contributed by atoms with van der Waals surface area (Å²) >= 11 is 1.31. The zero-order valence-electron chi connectivity index (χ0n) is 16.8. The third kappa shape index (κ3) is 5.14. The van der Waals surface area contributed by atoms with E-state index in [2.05, 4.69) is 27.8 Å². The highest BCUT2D eigenvalue weighted by atomic mass is 32.2. The summed E-state index contributed by atoms with van der Waals surface area (Å²) in [6.07, 6.45) is 1.86. The molecule has 7 nitrogen and oxygen atoms in total. The second-order valence-corrected chi connectivity index (χ2v) is 7.87. The molecule has 1 amide bonds. The number of nitrogens with zero attached hydrogens (tertiary/aromatic N) is 4. The van der Waals surface area contributed by atoms with Gasteiger partial charge < -0.3 is 10.1 Å². The van der Waals surface area contributed by atoms with Crippen LogP contribution in [0.1, 0.15) is 38.3 Å². The minimum Gasteiger partial charge on any atom is -0.494 e. The Balaban J connectivity index is 1.73. The number of hydrogen-bond acceptors (Lipinski definition) is 6. The number of para-hydroxylation sites is 2. The van der Waals surface area contributed by atoms with Crippen LogP contribution in [0, 0.1) is 0 Å². The lowest BCUT2D eigenvalue weighted by Crippen LogP contribution is -2.34. The fraction of sp³-hybridized carbons (Fsp3) is 0.333. The van der Waals surface area contributed by atoms with Crippen molar-refractivity contribution in [2.45, 2.75) is 43.1 Å². The molecule has 0 aliphatic rings. The predicted octanol–water partition coefficient (Wildman–Crippen LogP) is 3.81. The molecule has 0 fully saturated rings. The van der Waals surface area contributed by atoms with Gasteiger partial charge in [-0.25, -0.2) is 0 Å². The molecule has 1 N–H and O–H groups in total. The number of rotatable bonds is 9. The number of methoxy groups -OCH3 is 1. The summed E-state index contributed by atoms with van der Waals surface area (Å²) < 4.78 is 6.99. The molecule has 8 heteroatoms. The smallest absolute Gasteiger partial charge is 0.233 e. The predicted molar refractivity (Wildman–Crippen MR) is 113 cm³/mol. The summed E-state index contributed by atoms with van der Waals surface area (Å²) in [7, 11) is 1.60. The van der Waals surface area contributed by atoms with Crippen LogP contribution in [0.5, 0.6) is 5.75 Å². The fourth-order valence-electron chi connectivity index (χ4n) is 3.01. The molecule has 0 spiro atoms. The molecule has 0 saturated heterocycles. The number of ether oxygens (including phenoxy) is 1. The van der Waals surface area contributed by atoms with E-state index in [4.69, 9.17) is 4.74 Å². The van der Waals surface area contributed by atoms with Gasteiger partial charge in [0, 0.05) is 0 Å². The molecule has 152 valence electrons. The Morgan fingerprint density at radius 2 is 1.90 bits per heavy atom. The van der Waals surface area contributed by atoms with Gasteiger partial charge >= 0.3 is 0 Å². The largest absolute Gasteiger partial charge is 0.494 e. The average molecular weight is 412 g/mol. The number of carbonyl (C=O) groups excluding carboxylic acids is 1. The van der Waals surface area contributed by atoms with Gasteiger partial charge in [-0.2, -0.15) is 4.68 Å². The van der Waals surface area contributed by atoms with Crippen LogP contribution < -0.4 is 10.1 Å². The van der Waals surface area contributed by atoms with Gasteiger partial charge in [0.1, 0.15) is 11.4 Å². The Labute approximate surface area is 174 Å². The van der Waals surface area contributed by atoms with Crippen LogP contribution in [0.25, 0.3) is 5.69 Å². The van der Waals surface area contributed by atoms with Gasteiger partial charge in [0.05, 0.1) is 18.4 Å². The van der Waals surface area contributed by atoms with E-state index >= 15 is 0 Å². The van der Waals surface area contributed by atoms with Gasteiger partial charge in [-0.15, -0.1) is 5.10 Å². The lowest BCUT2D eigenvalue weighted by atomic mass is 10.0. The topological polar surface area (TPSA) is 81.9 Å². The minimum atomic E-state index is -0.363. The first-order valence-corrected chi connectivity index (χ1v) is 10.5. The number of amides is 1. The molecular weight excluding hydrogens is 386 g/mol. The molecule has 3 aromatic rings. The van der Waals surface area contributed by atoms with Crippen LogP contribution in [0.2, 0.25) is 0 Å². The molecule has 2 aromatic carbocycles. The zero-order chi connectivity index (χ0) is 20.6. The van der Waals surface area contributed by atoms with Crippen molar-refractivity contribution in [1.29, 1.82) is 0 Å². The molecule has 0 aliphatic carbocycles. The quantitative estimate of drug-likeness (QED) is 0.539. The van der Waals surface area contributed by atoms with E-state index in [1.54, 1.807) is 11.8 Å². The summed E-state index contributed by atoms with van der Waals surface area (Å²) in [6, 6.07) is 17.5. The van der Waals surface area contributed by atoms with Crippen molar-refractivity contribution in [1.82, 2.24) is 25.5 Å². The fourth-order valence-corrected chi connectivity index (χ4v) is 3.81. The maximum absolute atomic E-state index is 12.9. The van der Waals surface area contributed by atoms with Crippen LogP contribution in [-0.2, 0) is 4.79 Å². The summed E-state index contributed by atoms with van der Waals surface area (Å²) in [5, 5.41) is 15.3. The van der Waals surface area contributed by atoms with Gasteiger partial charge in [-0.1, -0.05) is 67.6 Å². The van der Waals surface area contributed by atoms with Crippen LogP contribution in [-0.4, -0.2) is 38.5 Å². The van der Waals surface area contributed by atoms with Crippen LogP contribution in [0.4, 0.5) is 0 Å². The molecule has 0 unspecified atom stereocenters. The van der Waals surface area contributed by atoms with Gasteiger partial charge in [-0.05, 0) is 41.5 Å². The number of tetrazole rings is 1. The molecule has 0 aliphatic heterocycles. The maximum atomic E-state index is 12.9. The lowest BCUT2D eigenvalue weighted by molar-refractivity contribution is -0.121.